The van der Waals surface area contributed by atoms with Crippen LogP contribution in [0.4, 0.5) is 5.69 Å². The van der Waals surface area contributed by atoms with E-state index in [9.17, 15) is 4.79 Å². The summed E-state index contributed by atoms with van der Waals surface area (Å²) in [6.07, 6.45) is 0.0640. The van der Waals surface area contributed by atoms with Crippen molar-refractivity contribution in [2.75, 3.05) is 11.9 Å². The number of anilines is 1. The molecule has 0 atom stereocenters. The van der Waals surface area contributed by atoms with E-state index in [1.165, 1.54) is 0 Å². The number of benzene rings is 1. The predicted molar refractivity (Wildman–Crippen MR) is 73.3 cm³/mol. The normalized spacial score (nSPS) is 10.7. The lowest BCUT2D eigenvalue weighted by atomic mass is 10.1. The fraction of sp³-hybridized carbons (Fsp3) is 0.462. The van der Waals surface area contributed by atoms with Gasteiger partial charge in [-0.25, -0.2) is 0 Å². The van der Waals surface area contributed by atoms with Gasteiger partial charge in [0, 0.05) is 10.2 Å². The molecular weight excluding hydrogens is 282 g/mol. The van der Waals surface area contributed by atoms with Gasteiger partial charge in [-0.1, -0.05) is 15.9 Å². The molecule has 0 aromatic heterocycles. The lowest BCUT2D eigenvalue weighted by molar-refractivity contribution is -0.121. The first-order valence-corrected chi connectivity index (χ1v) is 6.37. The molecule has 1 rings (SSSR count). The number of halogens is 1. The first-order chi connectivity index (χ1) is 7.90. The van der Waals surface area contributed by atoms with Crippen LogP contribution < -0.4 is 5.32 Å². The van der Waals surface area contributed by atoms with Crippen LogP contribution in [0.25, 0.3) is 0 Å². The number of nitrogens with one attached hydrogen (secondary N) is 1. The third kappa shape index (κ3) is 4.48. The summed E-state index contributed by atoms with van der Waals surface area (Å²) in [6.45, 7) is 7.89. The van der Waals surface area contributed by atoms with Crippen LogP contribution in [-0.2, 0) is 9.53 Å². The van der Waals surface area contributed by atoms with Crippen LogP contribution in [0.3, 0.4) is 0 Å². The Labute approximate surface area is 111 Å². The molecule has 94 valence electrons. The van der Waals surface area contributed by atoms with E-state index in [1.54, 1.807) is 0 Å². The Hall–Kier alpha value is -0.870. The van der Waals surface area contributed by atoms with Crippen LogP contribution >= 0.6 is 15.9 Å². The maximum absolute atomic E-state index is 11.6. The highest BCUT2D eigenvalue weighted by atomic mass is 79.9. The second kappa shape index (κ2) is 6.17. The van der Waals surface area contributed by atoms with E-state index >= 15 is 0 Å². The number of aryl methyl sites for hydroxylation is 2. The Morgan fingerprint density at radius 1 is 1.35 bits per heavy atom. The van der Waals surface area contributed by atoms with Gasteiger partial charge in [0.05, 0.1) is 6.10 Å². The summed E-state index contributed by atoms with van der Waals surface area (Å²) in [5.41, 5.74) is 3.01. The molecule has 17 heavy (non-hydrogen) atoms. The maximum atomic E-state index is 11.6. The van der Waals surface area contributed by atoms with E-state index in [4.69, 9.17) is 4.74 Å². The Morgan fingerprint density at radius 3 is 2.35 bits per heavy atom. The predicted octanol–water partition coefficient (Wildman–Crippen LogP) is 3.43. The molecular formula is C13H18BrNO2. The van der Waals surface area contributed by atoms with Crippen molar-refractivity contribution in [1.29, 1.82) is 0 Å². The smallest absolute Gasteiger partial charge is 0.250 e. The van der Waals surface area contributed by atoms with Crippen molar-refractivity contribution in [3.63, 3.8) is 0 Å². The summed E-state index contributed by atoms with van der Waals surface area (Å²) >= 11 is 3.49. The van der Waals surface area contributed by atoms with E-state index in [0.29, 0.717) is 0 Å². The Bertz CT molecular complexity index is 393. The molecule has 0 fully saturated rings. The van der Waals surface area contributed by atoms with Gasteiger partial charge in [-0.15, -0.1) is 0 Å². The van der Waals surface area contributed by atoms with Crippen LogP contribution in [0.1, 0.15) is 25.0 Å². The van der Waals surface area contributed by atoms with Crippen molar-refractivity contribution in [3.8, 4) is 0 Å². The molecule has 1 N–H and O–H groups in total. The lowest BCUT2D eigenvalue weighted by Crippen LogP contribution is -2.20. The molecule has 0 heterocycles. The first kappa shape index (κ1) is 14.2. The van der Waals surface area contributed by atoms with Crippen LogP contribution in [-0.4, -0.2) is 18.6 Å². The number of carbonyl (C=O) groups excluding carboxylic acids is 1. The number of hydrogen-bond donors (Lipinski definition) is 1. The minimum atomic E-state index is -0.125. The zero-order valence-corrected chi connectivity index (χ0v) is 12.2. The van der Waals surface area contributed by atoms with Gasteiger partial charge >= 0.3 is 0 Å². The molecule has 0 saturated heterocycles. The molecule has 0 aliphatic carbocycles. The summed E-state index contributed by atoms with van der Waals surface area (Å²) in [4.78, 5) is 11.6. The van der Waals surface area contributed by atoms with Crippen LogP contribution in [0, 0.1) is 13.8 Å². The summed E-state index contributed by atoms with van der Waals surface area (Å²) in [5, 5.41) is 2.82. The van der Waals surface area contributed by atoms with E-state index in [2.05, 4.69) is 21.2 Å². The third-order valence-electron chi connectivity index (χ3n) is 2.27. The number of rotatable bonds is 4. The Kier molecular flexibility index (Phi) is 5.15. The summed E-state index contributed by atoms with van der Waals surface area (Å²) in [5.74, 6) is -0.125. The highest BCUT2D eigenvalue weighted by Gasteiger charge is 2.07. The molecule has 3 nitrogen and oxygen atoms in total. The zero-order valence-electron chi connectivity index (χ0n) is 10.6. The molecule has 0 spiro atoms. The molecule has 0 bridgehead atoms. The van der Waals surface area contributed by atoms with Crippen molar-refractivity contribution in [3.05, 3.63) is 27.7 Å². The monoisotopic (exact) mass is 299 g/mol. The van der Waals surface area contributed by atoms with Crippen molar-refractivity contribution in [1.82, 2.24) is 0 Å². The van der Waals surface area contributed by atoms with Crippen LogP contribution in [0.5, 0.6) is 0 Å². The van der Waals surface area contributed by atoms with Gasteiger partial charge in [0.15, 0.2) is 0 Å². The maximum Gasteiger partial charge on any atom is 0.250 e. The molecule has 1 aromatic carbocycles. The topological polar surface area (TPSA) is 38.3 Å². The first-order valence-electron chi connectivity index (χ1n) is 5.58. The molecule has 0 aliphatic rings. The average molecular weight is 300 g/mol. The Morgan fingerprint density at radius 2 is 1.88 bits per heavy atom. The minimum absolute atomic E-state index is 0.0640. The number of amides is 1. The van der Waals surface area contributed by atoms with Crippen LogP contribution in [0.15, 0.2) is 16.6 Å². The minimum Gasteiger partial charge on any atom is -0.369 e. The number of carbonyl (C=O) groups is 1. The van der Waals surface area contributed by atoms with Crippen molar-refractivity contribution in [2.24, 2.45) is 0 Å². The average Bonchev–Trinajstić information content (AvgIpc) is 2.23. The van der Waals surface area contributed by atoms with Gasteiger partial charge in [-0.3, -0.25) is 4.79 Å². The van der Waals surface area contributed by atoms with Crippen LogP contribution in [0.2, 0.25) is 0 Å². The van der Waals surface area contributed by atoms with Gasteiger partial charge < -0.3 is 10.1 Å². The quantitative estimate of drug-likeness (QED) is 0.925. The second-order valence-electron chi connectivity index (χ2n) is 4.33. The van der Waals surface area contributed by atoms with Crippen molar-refractivity contribution >= 4 is 27.5 Å². The van der Waals surface area contributed by atoms with E-state index < -0.39 is 0 Å². The molecule has 0 unspecified atom stereocenters. The van der Waals surface area contributed by atoms with Crippen molar-refractivity contribution < 1.29 is 9.53 Å². The fourth-order valence-corrected chi connectivity index (χ4v) is 1.69. The van der Waals surface area contributed by atoms with Gasteiger partial charge in [0.2, 0.25) is 5.91 Å². The fourth-order valence-electron chi connectivity index (χ4n) is 1.46. The summed E-state index contributed by atoms with van der Waals surface area (Å²) < 4.78 is 6.32. The number of hydrogen-bond acceptors (Lipinski definition) is 2. The second-order valence-corrected chi connectivity index (χ2v) is 5.12. The van der Waals surface area contributed by atoms with Gasteiger partial charge in [0.25, 0.3) is 0 Å². The summed E-state index contributed by atoms with van der Waals surface area (Å²) in [6, 6.07) is 3.87. The number of ether oxygens (including phenoxy) is 1. The highest BCUT2D eigenvalue weighted by Crippen LogP contribution is 2.24. The molecule has 4 heteroatoms. The van der Waals surface area contributed by atoms with E-state index in [1.807, 2.05) is 39.8 Å². The molecule has 1 aromatic rings. The standard InChI is InChI=1S/C13H18BrNO2/c1-8(2)17-7-12(16)15-11-5-9(3)13(14)10(4)6-11/h5-6,8H,7H2,1-4H3,(H,15,16). The Balaban J connectivity index is 2.66. The zero-order chi connectivity index (χ0) is 13.0. The highest BCUT2D eigenvalue weighted by molar-refractivity contribution is 9.10. The molecule has 1 amide bonds. The van der Waals surface area contributed by atoms with E-state index in [0.717, 1.165) is 21.3 Å². The molecule has 0 aliphatic heterocycles. The SMILES string of the molecule is Cc1cc(NC(=O)COC(C)C)cc(C)c1Br. The van der Waals surface area contributed by atoms with E-state index in [-0.39, 0.29) is 18.6 Å². The third-order valence-corrected chi connectivity index (χ3v) is 3.52. The molecule has 0 saturated carbocycles. The largest absolute Gasteiger partial charge is 0.369 e. The van der Waals surface area contributed by atoms with Gasteiger partial charge in [-0.05, 0) is 51.0 Å². The summed E-state index contributed by atoms with van der Waals surface area (Å²) in [7, 11) is 0. The van der Waals surface area contributed by atoms with Crippen molar-refractivity contribution in [2.45, 2.75) is 33.8 Å². The lowest BCUT2D eigenvalue weighted by Gasteiger charge is -2.11. The van der Waals surface area contributed by atoms with Gasteiger partial charge in [-0.2, -0.15) is 0 Å². The molecule has 0 radical (unpaired) electrons. The van der Waals surface area contributed by atoms with Gasteiger partial charge in [0.1, 0.15) is 6.61 Å².